The Labute approximate surface area is 252 Å². The number of ether oxygens (including phenoxy) is 2. The third kappa shape index (κ3) is 6.17. The first-order valence-corrected chi connectivity index (χ1v) is 14.7. The first-order chi connectivity index (χ1) is 19.7. The fraction of sp³-hybridized carbons (Fsp3) is 0.375. The highest BCUT2D eigenvalue weighted by molar-refractivity contribution is 6.30. The van der Waals surface area contributed by atoms with Gasteiger partial charge in [-0.15, -0.1) is 0 Å². The van der Waals surface area contributed by atoms with E-state index in [2.05, 4.69) is 19.2 Å². The molecule has 2 aliphatic heterocycles. The molecular weight excluding hydrogens is 559 g/mol. The zero-order valence-electron chi connectivity index (χ0n) is 24.0. The Bertz CT molecular complexity index is 1410. The number of rotatable bonds is 6. The van der Waals surface area contributed by atoms with Crippen LogP contribution in [0, 0.1) is 0 Å². The maximum absolute atomic E-state index is 14.7. The van der Waals surface area contributed by atoms with Crippen molar-refractivity contribution in [1.82, 2.24) is 15.1 Å². The highest BCUT2D eigenvalue weighted by Crippen LogP contribution is 2.46. The second-order valence-electron chi connectivity index (χ2n) is 10.9. The van der Waals surface area contributed by atoms with Crippen LogP contribution >= 0.6 is 23.2 Å². The van der Waals surface area contributed by atoms with Gasteiger partial charge in [0.25, 0.3) is 0 Å². The molecule has 3 aromatic rings. The van der Waals surface area contributed by atoms with Gasteiger partial charge in [0.2, 0.25) is 0 Å². The number of carbonyl (C=O) groups excluding carboxylic acids is 1. The summed E-state index contributed by atoms with van der Waals surface area (Å²) in [4.78, 5) is 23.8. The lowest BCUT2D eigenvalue weighted by Gasteiger charge is -2.41. The predicted molar refractivity (Wildman–Crippen MR) is 165 cm³/mol. The maximum atomic E-state index is 14.7. The number of urea groups is 1. The quantitative estimate of drug-likeness (QED) is 0.329. The Morgan fingerprint density at radius 2 is 1.61 bits per heavy atom. The molecule has 2 amide bonds. The van der Waals surface area contributed by atoms with Crippen LogP contribution in [0.15, 0.2) is 71.7 Å². The van der Waals surface area contributed by atoms with Crippen LogP contribution in [0.1, 0.15) is 56.5 Å². The molecule has 7 nitrogen and oxygen atoms in total. The van der Waals surface area contributed by atoms with Crippen molar-refractivity contribution in [3.63, 3.8) is 0 Å². The minimum Gasteiger partial charge on any atom is -0.497 e. The number of nitrogens with one attached hydrogen (secondary N) is 1. The molecule has 4 unspecified atom stereocenters. The molecule has 0 bridgehead atoms. The number of amidine groups is 1. The average molecular weight is 596 g/mol. The second kappa shape index (κ2) is 12.3. The Hall–Kier alpha value is -3.26. The number of piperazine rings is 1. The molecule has 1 N–H and O–H groups in total. The molecule has 1 saturated heterocycles. The van der Waals surface area contributed by atoms with Crippen LogP contribution in [0.25, 0.3) is 0 Å². The van der Waals surface area contributed by atoms with E-state index in [1.807, 2.05) is 90.4 Å². The first kappa shape index (κ1) is 29.2. The van der Waals surface area contributed by atoms with Crippen molar-refractivity contribution >= 4 is 35.1 Å². The van der Waals surface area contributed by atoms with Crippen LogP contribution < -0.4 is 14.8 Å². The highest BCUT2D eigenvalue weighted by atomic mass is 35.5. The molecule has 4 atom stereocenters. The number of hydrogen-bond donors (Lipinski definition) is 1. The number of methoxy groups -OCH3 is 1. The molecule has 41 heavy (non-hydrogen) atoms. The van der Waals surface area contributed by atoms with Crippen molar-refractivity contribution in [3.8, 4) is 11.5 Å². The lowest BCUT2D eigenvalue weighted by atomic mass is 9.93. The van der Waals surface area contributed by atoms with Gasteiger partial charge in [0.05, 0.1) is 24.8 Å². The molecule has 1 fully saturated rings. The van der Waals surface area contributed by atoms with Crippen LogP contribution in [0.3, 0.4) is 0 Å². The normalized spacial score (nSPS) is 22.6. The Balaban J connectivity index is 1.72. The summed E-state index contributed by atoms with van der Waals surface area (Å²) in [5.41, 5.74) is 2.60. The molecule has 0 aromatic heterocycles. The molecule has 9 heteroatoms. The second-order valence-corrected chi connectivity index (χ2v) is 11.8. The fourth-order valence-electron chi connectivity index (χ4n) is 5.45. The number of benzene rings is 3. The Morgan fingerprint density at radius 1 is 0.976 bits per heavy atom. The molecule has 0 radical (unpaired) electrons. The van der Waals surface area contributed by atoms with Crippen molar-refractivity contribution in [2.24, 2.45) is 4.99 Å². The summed E-state index contributed by atoms with van der Waals surface area (Å²) in [6.45, 7) is 9.40. The van der Waals surface area contributed by atoms with Gasteiger partial charge < -0.3 is 19.7 Å². The van der Waals surface area contributed by atoms with Crippen LogP contribution in [0.5, 0.6) is 11.5 Å². The summed E-state index contributed by atoms with van der Waals surface area (Å²) in [6.07, 6.45) is -0.0971. The van der Waals surface area contributed by atoms with Gasteiger partial charge in [-0.2, -0.15) is 0 Å². The van der Waals surface area contributed by atoms with Gasteiger partial charge in [-0.05, 0) is 75.2 Å². The van der Waals surface area contributed by atoms with E-state index < -0.39 is 12.1 Å². The van der Waals surface area contributed by atoms with Crippen molar-refractivity contribution in [1.29, 1.82) is 0 Å². The predicted octanol–water partition coefficient (Wildman–Crippen LogP) is 7.14. The third-order valence-corrected chi connectivity index (χ3v) is 8.00. The molecule has 0 saturated carbocycles. The highest BCUT2D eigenvalue weighted by Gasteiger charge is 2.45. The summed E-state index contributed by atoms with van der Waals surface area (Å²) in [7, 11) is 1.62. The summed E-state index contributed by atoms with van der Waals surface area (Å²) in [5.74, 6) is 1.81. The zero-order valence-corrected chi connectivity index (χ0v) is 25.5. The number of amides is 2. The van der Waals surface area contributed by atoms with Gasteiger partial charge in [0.15, 0.2) is 0 Å². The van der Waals surface area contributed by atoms with E-state index in [-0.39, 0.29) is 24.2 Å². The number of carbonyl (C=O) groups is 1. The minimum atomic E-state index is -0.428. The van der Waals surface area contributed by atoms with Crippen molar-refractivity contribution in [2.75, 3.05) is 20.2 Å². The van der Waals surface area contributed by atoms with Crippen LogP contribution in [-0.4, -0.2) is 60.1 Å². The summed E-state index contributed by atoms with van der Waals surface area (Å²) in [6, 6.07) is 20.2. The van der Waals surface area contributed by atoms with Gasteiger partial charge in [-0.1, -0.05) is 47.5 Å². The van der Waals surface area contributed by atoms with Crippen LogP contribution in [-0.2, 0) is 0 Å². The van der Waals surface area contributed by atoms with Crippen LogP contribution in [0.4, 0.5) is 4.79 Å². The monoisotopic (exact) mass is 594 g/mol. The molecule has 0 spiro atoms. The van der Waals surface area contributed by atoms with Gasteiger partial charge in [-0.25, -0.2) is 4.79 Å². The lowest BCUT2D eigenvalue weighted by molar-refractivity contribution is 0.123. The van der Waals surface area contributed by atoms with Crippen LogP contribution in [0.2, 0.25) is 10.0 Å². The molecule has 0 aliphatic carbocycles. The van der Waals surface area contributed by atoms with E-state index >= 15 is 0 Å². The van der Waals surface area contributed by atoms with Crippen molar-refractivity contribution in [2.45, 2.75) is 58.0 Å². The standard InChI is InChI=1S/C32H36Cl2N4O3/c1-19(2)41-28-16-26(40-5)14-15-27(28)31-36-29(22-6-10-24(33)11-7-22)30(23-8-12-25(34)13-9-23)38(31)32(39)37-18-20(3)35-17-21(37)4/h6-16,19-21,29-30,35H,17-18H2,1-5H3. The van der Waals surface area contributed by atoms with Gasteiger partial charge in [-0.3, -0.25) is 9.89 Å². The maximum Gasteiger partial charge on any atom is 0.326 e. The van der Waals surface area contributed by atoms with Gasteiger partial charge >= 0.3 is 6.03 Å². The average Bonchev–Trinajstić information content (AvgIpc) is 3.34. The van der Waals surface area contributed by atoms with E-state index in [4.69, 9.17) is 37.7 Å². The summed E-state index contributed by atoms with van der Waals surface area (Å²) in [5, 5.41) is 4.74. The van der Waals surface area contributed by atoms with E-state index in [0.717, 1.165) is 16.7 Å². The molecule has 216 valence electrons. The Kier molecular flexibility index (Phi) is 8.78. The largest absolute Gasteiger partial charge is 0.497 e. The zero-order chi connectivity index (χ0) is 29.3. The van der Waals surface area contributed by atoms with Crippen molar-refractivity contribution in [3.05, 3.63) is 93.5 Å². The molecule has 5 rings (SSSR count). The number of hydrogen-bond acceptors (Lipinski definition) is 5. The SMILES string of the molecule is COc1ccc(C2=NC(c3ccc(Cl)cc3)C(c3ccc(Cl)cc3)N2C(=O)N2CC(C)NCC2C)c(OC(C)C)c1. The number of halogens is 2. The summed E-state index contributed by atoms with van der Waals surface area (Å²) < 4.78 is 11.8. The van der Waals surface area contributed by atoms with Crippen molar-refractivity contribution < 1.29 is 14.3 Å². The molecule has 3 aromatic carbocycles. The van der Waals surface area contributed by atoms with E-state index in [9.17, 15) is 4.79 Å². The lowest BCUT2D eigenvalue weighted by Crippen LogP contribution is -2.60. The molecule has 2 aliphatic rings. The Morgan fingerprint density at radius 3 is 2.22 bits per heavy atom. The molecule has 2 heterocycles. The topological polar surface area (TPSA) is 66.4 Å². The number of nitrogens with zero attached hydrogens (tertiary/aromatic N) is 3. The van der Waals surface area contributed by atoms with E-state index in [0.29, 0.717) is 40.5 Å². The van der Waals surface area contributed by atoms with E-state index in [1.165, 1.54) is 0 Å². The number of aliphatic imine (C=N–C) groups is 1. The molecular formula is C32H36Cl2N4O3. The van der Waals surface area contributed by atoms with Gasteiger partial charge in [0, 0.05) is 41.3 Å². The third-order valence-electron chi connectivity index (χ3n) is 7.50. The smallest absolute Gasteiger partial charge is 0.326 e. The van der Waals surface area contributed by atoms with Gasteiger partial charge in [0.1, 0.15) is 23.4 Å². The minimum absolute atomic E-state index is 0.00246. The fourth-order valence-corrected chi connectivity index (χ4v) is 5.70. The van der Waals surface area contributed by atoms with E-state index in [1.54, 1.807) is 7.11 Å². The first-order valence-electron chi connectivity index (χ1n) is 13.9. The summed E-state index contributed by atoms with van der Waals surface area (Å²) >= 11 is 12.6.